The van der Waals surface area contributed by atoms with Gasteiger partial charge in [0.25, 0.3) is 0 Å². The van der Waals surface area contributed by atoms with E-state index in [1.54, 1.807) is 55.7 Å². The highest BCUT2D eigenvalue weighted by atomic mass is 79.9. The number of carbonyl (C=O) groups is 1. The number of methoxy groups -OCH3 is 1. The van der Waals surface area contributed by atoms with E-state index in [-0.39, 0.29) is 5.78 Å². The van der Waals surface area contributed by atoms with Gasteiger partial charge in [0.05, 0.1) is 18.7 Å². The summed E-state index contributed by atoms with van der Waals surface area (Å²) in [6, 6.07) is 21.9. The van der Waals surface area contributed by atoms with E-state index < -0.39 is 0 Å². The first-order chi connectivity index (χ1) is 14.1. The summed E-state index contributed by atoms with van der Waals surface area (Å²) in [5.41, 5.74) is 2.92. The van der Waals surface area contributed by atoms with Crippen molar-refractivity contribution in [1.82, 2.24) is 0 Å². The third kappa shape index (κ3) is 5.56. The Bertz CT molecular complexity index is 1080. The van der Waals surface area contributed by atoms with E-state index in [9.17, 15) is 4.79 Å². The fraction of sp³-hybridized carbons (Fsp3) is 0.0833. The predicted molar refractivity (Wildman–Crippen MR) is 116 cm³/mol. The first-order valence-electron chi connectivity index (χ1n) is 8.87. The molecule has 4 nitrogen and oxygen atoms in total. The van der Waals surface area contributed by atoms with Crippen LogP contribution in [0.2, 0.25) is 0 Å². The quantitative estimate of drug-likeness (QED) is 0.338. The molecule has 0 aromatic heterocycles. The Morgan fingerprint density at radius 1 is 1.10 bits per heavy atom. The molecule has 0 heterocycles. The number of hydrogen-bond acceptors (Lipinski definition) is 4. The fourth-order valence-electron chi connectivity index (χ4n) is 2.71. The highest BCUT2D eigenvalue weighted by molar-refractivity contribution is 9.10. The maximum atomic E-state index is 12.4. The van der Waals surface area contributed by atoms with Crippen LogP contribution in [-0.4, -0.2) is 12.9 Å². The number of ether oxygens (including phenoxy) is 2. The number of nitriles is 1. The van der Waals surface area contributed by atoms with Gasteiger partial charge in [-0.3, -0.25) is 4.79 Å². The van der Waals surface area contributed by atoms with Gasteiger partial charge in [0, 0.05) is 15.6 Å². The third-order valence-electron chi connectivity index (χ3n) is 4.22. The lowest BCUT2D eigenvalue weighted by atomic mass is 10.1. The van der Waals surface area contributed by atoms with Crippen LogP contribution >= 0.6 is 15.9 Å². The van der Waals surface area contributed by atoms with E-state index in [0.717, 1.165) is 15.6 Å². The molecule has 29 heavy (non-hydrogen) atoms. The van der Waals surface area contributed by atoms with Crippen molar-refractivity contribution in [3.8, 4) is 17.6 Å². The molecule has 0 bridgehead atoms. The molecule has 0 aliphatic heterocycles. The van der Waals surface area contributed by atoms with Crippen LogP contribution in [0.25, 0.3) is 6.08 Å². The van der Waals surface area contributed by atoms with E-state index in [1.165, 1.54) is 0 Å². The summed E-state index contributed by atoms with van der Waals surface area (Å²) >= 11 is 3.38. The Morgan fingerprint density at radius 3 is 2.59 bits per heavy atom. The molecule has 0 saturated heterocycles. The molecule has 0 aliphatic carbocycles. The minimum atomic E-state index is -0.0718. The van der Waals surface area contributed by atoms with Crippen LogP contribution in [0.3, 0.4) is 0 Å². The van der Waals surface area contributed by atoms with Gasteiger partial charge in [0.1, 0.15) is 18.1 Å². The summed E-state index contributed by atoms with van der Waals surface area (Å²) in [5.74, 6) is 1.29. The van der Waals surface area contributed by atoms with Crippen LogP contribution < -0.4 is 9.47 Å². The zero-order valence-electron chi connectivity index (χ0n) is 15.8. The van der Waals surface area contributed by atoms with Gasteiger partial charge < -0.3 is 9.47 Å². The van der Waals surface area contributed by atoms with Crippen LogP contribution in [0.5, 0.6) is 11.5 Å². The summed E-state index contributed by atoms with van der Waals surface area (Å²) in [6.45, 7) is 0.302. The largest absolute Gasteiger partial charge is 0.496 e. The predicted octanol–water partition coefficient (Wildman–Crippen LogP) is 5.80. The van der Waals surface area contributed by atoms with Crippen LogP contribution in [-0.2, 0) is 6.61 Å². The Balaban J connectivity index is 1.73. The molecule has 3 aromatic rings. The average Bonchev–Trinajstić information content (AvgIpc) is 2.76. The zero-order valence-corrected chi connectivity index (χ0v) is 17.3. The number of benzene rings is 3. The lowest BCUT2D eigenvalue weighted by Gasteiger charge is -2.11. The van der Waals surface area contributed by atoms with Gasteiger partial charge in [-0.1, -0.05) is 40.2 Å². The molecule has 0 unspecified atom stereocenters. The maximum absolute atomic E-state index is 12.4. The molecule has 0 N–H and O–H groups in total. The molecular formula is C24H18BrNO3. The minimum Gasteiger partial charge on any atom is -0.496 e. The number of halogens is 1. The Morgan fingerprint density at radius 2 is 1.90 bits per heavy atom. The summed E-state index contributed by atoms with van der Waals surface area (Å²) < 4.78 is 12.1. The molecule has 0 saturated carbocycles. The van der Waals surface area contributed by atoms with Crippen molar-refractivity contribution in [3.63, 3.8) is 0 Å². The monoisotopic (exact) mass is 447 g/mol. The molecule has 0 fully saturated rings. The van der Waals surface area contributed by atoms with E-state index in [0.29, 0.717) is 29.2 Å². The molecule has 3 aromatic carbocycles. The number of allylic oxidation sites excluding steroid dienone is 1. The average molecular weight is 448 g/mol. The normalized spacial score (nSPS) is 10.5. The topological polar surface area (TPSA) is 59.3 Å². The standard InChI is InChI=1S/C24H18BrNO3/c1-28-24-12-8-17(7-11-23(27)19-3-2-4-21(25)14-19)13-20(24)16-29-22-9-5-18(15-26)6-10-22/h2-14H,16H2,1H3/b11-7+. The maximum Gasteiger partial charge on any atom is 0.185 e. The van der Waals surface area contributed by atoms with Crippen LogP contribution in [0, 0.1) is 11.3 Å². The molecular weight excluding hydrogens is 430 g/mol. The second kappa shape index (κ2) is 9.72. The summed E-state index contributed by atoms with van der Waals surface area (Å²) in [4.78, 5) is 12.4. The second-order valence-electron chi connectivity index (χ2n) is 6.20. The number of nitrogens with zero attached hydrogens (tertiary/aromatic N) is 1. The Labute approximate surface area is 178 Å². The zero-order chi connectivity index (χ0) is 20.6. The molecule has 0 spiro atoms. The van der Waals surface area contributed by atoms with E-state index in [2.05, 4.69) is 22.0 Å². The summed E-state index contributed by atoms with van der Waals surface area (Å²) in [6.07, 6.45) is 3.32. The van der Waals surface area contributed by atoms with E-state index in [1.807, 2.05) is 30.3 Å². The van der Waals surface area contributed by atoms with Gasteiger partial charge in [-0.15, -0.1) is 0 Å². The van der Waals surface area contributed by atoms with Crippen molar-refractivity contribution in [2.45, 2.75) is 6.61 Å². The van der Waals surface area contributed by atoms with Gasteiger partial charge >= 0.3 is 0 Å². The fourth-order valence-corrected chi connectivity index (χ4v) is 3.11. The van der Waals surface area contributed by atoms with E-state index >= 15 is 0 Å². The SMILES string of the molecule is COc1ccc(/C=C/C(=O)c2cccc(Br)c2)cc1COc1ccc(C#N)cc1. The molecule has 3 rings (SSSR count). The smallest absolute Gasteiger partial charge is 0.185 e. The number of ketones is 1. The third-order valence-corrected chi connectivity index (χ3v) is 4.71. The Hall–Kier alpha value is -3.36. The first kappa shape index (κ1) is 20.4. The summed E-state index contributed by atoms with van der Waals surface area (Å²) in [5, 5.41) is 8.87. The molecule has 144 valence electrons. The van der Waals surface area contributed by atoms with Crippen molar-refractivity contribution < 1.29 is 14.3 Å². The highest BCUT2D eigenvalue weighted by Gasteiger charge is 2.06. The van der Waals surface area contributed by atoms with Gasteiger partial charge in [-0.25, -0.2) is 0 Å². The lowest BCUT2D eigenvalue weighted by Crippen LogP contribution is -1.99. The van der Waals surface area contributed by atoms with Crippen LogP contribution in [0.15, 0.2) is 77.3 Å². The molecule has 0 radical (unpaired) electrons. The van der Waals surface area contributed by atoms with Crippen molar-refractivity contribution in [1.29, 1.82) is 5.26 Å². The van der Waals surface area contributed by atoms with E-state index in [4.69, 9.17) is 14.7 Å². The molecule has 0 atom stereocenters. The van der Waals surface area contributed by atoms with Gasteiger partial charge in [-0.05, 0) is 60.2 Å². The number of carbonyl (C=O) groups excluding carboxylic acids is 1. The van der Waals surface area contributed by atoms with Gasteiger partial charge in [0.2, 0.25) is 0 Å². The minimum absolute atomic E-state index is 0.0718. The molecule has 0 aliphatic rings. The number of rotatable bonds is 7. The highest BCUT2D eigenvalue weighted by Crippen LogP contribution is 2.23. The van der Waals surface area contributed by atoms with Gasteiger partial charge in [-0.2, -0.15) is 5.26 Å². The first-order valence-corrected chi connectivity index (χ1v) is 9.66. The van der Waals surface area contributed by atoms with Crippen molar-refractivity contribution in [2.75, 3.05) is 7.11 Å². The lowest BCUT2D eigenvalue weighted by molar-refractivity contribution is 0.104. The number of hydrogen-bond donors (Lipinski definition) is 0. The molecule has 0 amide bonds. The van der Waals surface area contributed by atoms with Crippen molar-refractivity contribution >= 4 is 27.8 Å². The van der Waals surface area contributed by atoms with Gasteiger partial charge in [0.15, 0.2) is 5.78 Å². The van der Waals surface area contributed by atoms with Crippen molar-refractivity contribution in [2.24, 2.45) is 0 Å². The van der Waals surface area contributed by atoms with Crippen molar-refractivity contribution in [3.05, 3.63) is 99.5 Å². The summed E-state index contributed by atoms with van der Waals surface area (Å²) in [7, 11) is 1.60. The molecule has 5 heteroatoms. The Kier molecular flexibility index (Phi) is 6.83. The second-order valence-corrected chi connectivity index (χ2v) is 7.12. The van der Waals surface area contributed by atoms with Crippen LogP contribution in [0.4, 0.5) is 0 Å². The van der Waals surface area contributed by atoms with Crippen LogP contribution in [0.1, 0.15) is 27.0 Å².